The maximum Gasteiger partial charge on any atom is 0.258 e. The average molecular weight is 298 g/mol. The maximum absolute atomic E-state index is 12.3. The molecule has 0 aromatic carbocycles. The van der Waals surface area contributed by atoms with Crippen molar-refractivity contribution in [3.05, 3.63) is 34.9 Å². The topological polar surface area (TPSA) is 114 Å². The summed E-state index contributed by atoms with van der Waals surface area (Å²) in [7, 11) is -3.70. The van der Waals surface area contributed by atoms with Gasteiger partial charge in [0, 0.05) is 23.7 Å². The van der Waals surface area contributed by atoms with E-state index in [9.17, 15) is 8.42 Å². The monoisotopic (exact) mass is 298 g/mol. The molecule has 0 saturated carbocycles. The Balaban J connectivity index is 2.27. The minimum absolute atomic E-state index is 0.00437. The largest absolute Gasteiger partial charge is 0.466 e. The highest BCUT2D eigenvalue weighted by atomic mass is 32.2. The van der Waals surface area contributed by atoms with E-state index in [2.05, 4.69) is 14.9 Å². The summed E-state index contributed by atoms with van der Waals surface area (Å²) in [6, 6.07) is 1.41. The number of nitrogens with two attached hydrogens (primary N) is 1. The van der Waals surface area contributed by atoms with Crippen LogP contribution in [0.5, 0.6) is 0 Å². The first-order valence-electron chi connectivity index (χ1n) is 6.16. The summed E-state index contributed by atoms with van der Waals surface area (Å²) in [4.78, 5) is 0. The van der Waals surface area contributed by atoms with Crippen LogP contribution < -0.4 is 10.5 Å². The van der Waals surface area contributed by atoms with Gasteiger partial charge in [0.25, 0.3) is 10.0 Å². The molecule has 2 rings (SSSR count). The third-order valence-electron chi connectivity index (χ3n) is 3.04. The lowest BCUT2D eigenvalue weighted by Gasteiger charge is -2.13. The Morgan fingerprint density at radius 2 is 2.20 bits per heavy atom. The van der Waals surface area contributed by atoms with E-state index in [0.29, 0.717) is 11.3 Å². The number of aromatic amines is 1. The summed E-state index contributed by atoms with van der Waals surface area (Å²) < 4.78 is 32.6. The quantitative estimate of drug-likeness (QED) is 0.765. The number of aromatic nitrogens is 2. The maximum atomic E-state index is 12.3. The Bertz CT molecular complexity index is 702. The number of rotatable bonds is 5. The van der Waals surface area contributed by atoms with Gasteiger partial charge in [-0.1, -0.05) is 0 Å². The number of aryl methyl sites for hydroxylation is 2. The molecule has 110 valence electrons. The fourth-order valence-electron chi connectivity index (χ4n) is 2.11. The van der Waals surface area contributed by atoms with E-state index in [-0.39, 0.29) is 11.6 Å². The van der Waals surface area contributed by atoms with Gasteiger partial charge >= 0.3 is 0 Å². The van der Waals surface area contributed by atoms with Crippen molar-refractivity contribution in [2.75, 3.05) is 0 Å². The first-order chi connectivity index (χ1) is 9.35. The van der Waals surface area contributed by atoms with Crippen molar-refractivity contribution < 1.29 is 12.8 Å². The van der Waals surface area contributed by atoms with Gasteiger partial charge in [0.1, 0.15) is 11.5 Å². The minimum Gasteiger partial charge on any atom is -0.466 e. The molecule has 20 heavy (non-hydrogen) atoms. The summed E-state index contributed by atoms with van der Waals surface area (Å²) in [6.45, 7) is 5.48. The first kappa shape index (κ1) is 14.8. The number of hydrogen-bond acceptors (Lipinski definition) is 5. The number of H-pyrrole nitrogens is 1. The van der Waals surface area contributed by atoms with Gasteiger partial charge in [-0.25, -0.2) is 13.1 Å². The second-order valence-corrected chi connectivity index (χ2v) is 6.29. The molecular weight excluding hydrogens is 280 g/mol. The van der Waals surface area contributed by atoms with Crippen LogP contribution in [0.2, 0.25) is 0 Å². The molecule has 0 amide bonds. The highest BCUT2D eigenvalue weighted by Gasteiger charge is 2.24. The van der Waals surface area contributed by atoms with Crippen LogP contribution in [0, 0.1) is 13.8 Å². The Morgan fingerprint density at radius 3 is 2.75 bits per heavy atom. The third-order valence-corrected chi connectivity index (χ3v) is 4.60. The summed E-state index contributed by atoms with van der Waals surface area (Å²) in [5, 5.41) is 6.19. The Labute approximate surface area is 117 Å². The smallest absolute Gasteiger partial charge is 0.258 e. The lowest BCUT2D eigenvalue weighted by atomic mass is 10.1. The standard InChI is InChI=1S/C12H18N4O3S/c1-7-4-11(9(3)19-7)8(2)16-20(17,18)12-10(5-13)6-14-15-12/h4,6,8,16H,5,13H2,1-3H3,(H,14,15). The number of sulfonamides is 1. The number of furan rings is 1. The van der Waals surface area contributed by atoms with Crippen LogP contribution in [0.15, 0.2) is 21.7 Å². The second kappa shape index (κ2) is 5.39. The van der Waals surface area contributed by atoms with Crippen LogP contribution in [-0.2, 0) is 16.6 Å². The van der Waals surface area contributed by atoms with Crippen molar-refractivity contribution in [1.29, 1.82) is 0 Å². The molecule has 0 aliphatic carbocycles. The fourth-order valence-corrected chi connectivity index (χ4v) is 3.48. The predicted molar refractivity (Wildman–Crippen MR) is 73.4 cm³/mol. The third kappa shape index (κ3) is 2.77. The van der Waals surface area contributed by atoms with Gasteiger partial charge in [0.2, 0.25) is 0 Å². The molecule has 0 aliphatic rings. The Hall–Kier alpha value is -1.64. The number of hydrogen-bond donors (Lipinski definition) is 3. The summed E-state index contributed by atoms with van der Waals surface area (Å²) in [6.07, 6.45) is 1.41. The molecule has 2 heterocycles. The van der Waals surface area contributed by atoms with E-state index in [1.807, 2.05) is 13.0 Å². The Kier molecular flexibility index (Phi) is 3.98. The van der Waals surface area contributed by atoms with Crippen molar-refractivity contribution in [3.63, 3.8) is 0 Å². The summed E-state index contributed by atoms with van der Waals surface area (Å²) in [5.74, 6) is 1.44. The van der Waals surface area contributed by atoms with Gasteiger partial charge in [-0.3, -0.25) is 5.10 Å². The fraction of sp³-hybridized carbons (Fsp3) is 0.417. The molecule has 1 atom stereocenters. The van der Waals surface area contributed by atoms with E-state index >= 15 is 0 Å². The van der Waals surface area contributed by atoms with E-state index < -0.39 is 16.1 Å². The van der Waals surface area contributed by atoms with Gasteiger partial charge in [-0.2, -0.15) is 5.10 Å². The molecule has 8 heteroatoms. The minimum atomic E-state index is -3.70. The lowest BCUT2D eigenvalue weighted by molar-refractivity contribution is 0.496. The van der Waals surface area contributed by atoms with Crippen LogP contribution in [0.25, 0.3) is 0 Å². The van der Waals surface area contributed by atoms with Gasteiger partial charge in [0.15, 0.2) is 5.03 Å². The van der Waals surface area contributed by atoms with Crippen molar-refractivity contribution in [3.8, 4) is 0 Å². The van der Waals surface area contributed by atoms with E-state index in [1.165, 1.54) is 6.20 Å². The molecule has 0 aliphatic heterocycles. The van der Waals surface area contributed by atoms with Crippen LogP contribution in [0.4, 0.5) is 0 Å². The molecule has 0 saturated heterocycles. The average Bonchev–Trinajstić information content (AvgIpc) is 2.94. The number of nitrogens with zero attached hydrogens (tertiary/aromatic N) is 1. The normalized spacial score (nSPS) is 13.6. The van der Waals surface area contributed by atoms with E-state index in [0.717, 1.165) is 11.3 Å². The Morgan fingerprint density at radius 1 is 1.50 bits per heavy atom. The summed E-state index contributed by atoms with van der Waals surface area (Å²) in [5.41, 5.74) is 6.75. The zero-order chi connectivity index (χ0) is 14.9. The lowest BCUT2D eigenvalue weighted by Crippen LogP contribution is -2.28. The van der Waals surface area contributed by atoms with Crippen LogP contribution >= 0.6 is 0 Å². The highest BCUT2D eigenvalue weighted by Crippen LogP contribution is 2.23. The highest BCUT2D eigenvalue weighted by molar-refractivity contribution is 7.89. The molecule has 0 radical (unpaired) electrons. The molecule has 2 aromatic heterocycles. The molecule has 0 spiro atoms. The molecule has 7 nitrogen and oxygen atoms in total. The summed E-state index contributed by atoms with van der Waals surface area (Å²) >= 11 is 0. The molecule has 2 aromatic rings. The zero-order valence-corrected chi connectivity index (χ0v) is 12.4. The van der Waals surface area contributed by atoms with Gasteiger partial charge in [-0.15, -0.1) is 0 Å². The number of nitrogens with one attached hydrogen (secondary N) is 2. The van der Waals surface area contributed by atoms with Crippen LogP contribution in [-0.4, -0.2) is 18.6 Å². The van der Waals surface area contributed by atoms with Crippen LogP contribution in [0.3, 0.4) is 0 Å². The van der Waals surface area contributed by atoms with E-state index in [1.54, 1.807) is 13.8 Å². The molecule has 0 bridgehead atoms. The van der Waals surface area contributed by atoms with Crippen molar-refractivity contribution in [2.24, 2.45) is 5.73 Å². The first-order valence-corrected chi connectivity index (χ1v) is 7.65. The van der Waals surface area contributed by atoms with E-state index in [4.69, 9.17) is 10.2 Å². The molecule has 4 N–H and O–H groups in total. The second-order valence-electron chi connectivity index (χ2n) is 4.64. The van der Waals surface area contributed by atoms with Gasteiger partial charge in [-0.05, 0) is 26.8 Å². The van der Waals surface area contributed by atoms with Crippen molar-refractivity contribution in [1.82, 2.24) is 14.9 Å². The SMILES string of the molecule is Cc1cc(C(C)NS(=O)(=O)c2[nH]ncc2CN)c(C)o1. The zero-order valence-electron chi connectivity index (χ0n) is 11.6. The van der Waals surface area contributed by atoms with Crippen molar-refractivity contribution >= 4 is 10.0 Å². The van der Waals surface area contributed by atoms with Gasteiger partial charge < -0.3 is 10.2 Å². The molecular formula is C12H18N4O3S. The molecule has 1 unspecified atom stereocenters. The van der Waals surface area contributed by atoms with Crippen molar-refractivity contribution in [2.45, 2.75) is 38.4 Å². The predicted octanol–water partition coefficient (Wildman–Crippen LogP) is 1.12. The van der Waals surface area contributed by atoms with Gasteiger partial charge in [0.05, 0.1) is 6.20 Å². The van der Waals surface area contributed by atoms with Crippen LogP contribution in [0.1, 0.15) is 35.6 Å². The molecule has 0 fully saturated rings.